The monoisotopic (exact) mass is 347 g/mol. The van der Waals surface area contributed by atoms with E-state index in [2.05, 4.69) is 10.3 Å². The van der Waals surface area contributed by atoms with Crippen LogP contribution < -0.4 is 15.2 Å². The first-order valence-electron chi connectivity index (χ1n) is 7.42. The molecule has 2 aromatic rings. The fourth-order valence-corrected chi connectivity index (χ4v) is 3.78. The van der Waals surface area contributed by atoms with Gasteiger partial charge in [0.1, 0.15) is 0 Å². The summed E-state index contributed by atoms with van der Waals surface area (Å²) in [6.07, 6.45) is 3.00. The molecule has 0 spiro atoms. The van der Waals surface area contributed by atoms with Gasteiger partial charge in [-0.15, -0.1) is 0 Å². The minimum absolute atomic E-state index is 0.279. The maximum absolute atomic E-state index is 12.3. The third kappa shape index (κ3) is 3.18. The molecule has 0 aliphatic carbocycles. The molecule has 1 unspecified atom stereocenters. The summed E-state index contributed by atoms with van der Waals surface area (Å²) in [7, 11) is -3.37. The van der Waals surface area contributed by atoms with Crippen LogP contribution in [0, 0.1) is 0 Å². The maximum atomic E-state index is 12.3. The molecule has 0 saturated carbocycles. The van der Waals surface area contributed by atoms with Gasteiger partial charge in [-0.25, -0.2) is 8.42 Å². The predicted molar refractivity (Wildman–Crippen MR) is 90.5 cm³/mol. The first kappa shape index (κ1) is 16.3. The van der Waals surface area contributed by atoms with Gasteiger partial charge in [-0.2, -0.15) is 0 Å². The van der Waals surface area contributed by atoms with Gasteiger partial charge in [0, 0.05) is 18.8 Å². The number of fused-ring (bicyclic) bond motifs is 1. The van der Waals surface area contributed by atoms with E-state index in [1.54, 1.807) is 12.1 Å². The number of aromatic amines is 1. The van der Waals surface area contributed by atoms with Gasteiger partial charge in [0.15, 0.2) is 0 Å². The molecule has 1 aliphatic heterocycles. The highest BCUT2D eigenvalue weighted by Crippen LogP contribution is 2.35. The molecule has 0 radical (unpaired) electrons. The van der Waals surface area contributed by atoms with Crippen LogP contribution in [0.5, 0.6) is 0 Å². The Kier molecular flexibility index (Phi) is 4.15. The molecule has 2 heterocycles. The average Bonchev–Trinajstić information content (AvgIpc) is 2.54. The number of para-hydroxylation sites is 1. The summed E-state index contributed by atoms with van der Waals surface area (Å²) in [5.41, 5.74) is 1.40. The standard InChI is InChI=1S/C16H17N3O4S/c1-24(22,23)19-9-8-13(12-4-2-3-5-14(12)19)18-16(21)11-6-7-15(20)17-10-11/h2-7,10,13H,8-9H2,1H3,(H,17,20)(H,18,21). The Labute approximate surface area is 139 Å². The Morgan fingerprint density at radius 3 is 2.67 bits per heavy atom. The summed E-state index contributed by atoms with van der Waals surface area (Å²) in [6, 6.07) is 9.56. The Hall–Kier alpha value is -2.61. The van der Waals surface area contributed by atoms with Crippen molar-refractivity contribution in [3.05, 3.63) is 64.1 Å². The number of carbonyl (C=O) groups excluding carboxylic acids is 1. The van der Waals surface area contributed by atoms with E-state index in [9.17, 15) is 18.0 Å². The van der Waals surface area contributed by atoms with Gasteiger partial charge >= 0.3 is 0 Å². The third-order valence-electron chi connectivity index (χ3n) is 3.95. The molecule has 0 bridgehead atoms. The van der Waals surface area contributed by atoms with E-state index in [0.717, 1.165) is 5.56 Å². The average molecular weight is 347 g/mol. The van der Waals surface area contributed by atoms with Crippen LogP contribution in [0.25, 0.3) is 0 Å². The number of aromatic nitrogens is 1. The van der Waals surface area contributed by atoms with Crippen molar-refractivity contribution in [2.24, 2.45) is 0 Å². The van der Waals surface area contributed by atoms with E-state index in [4.69, 9.17) is 0 Å². The third-order valence-corrected chi connectivity index (χ3v) is 5.13. The number of amides is 1. The molecule has 0 saturated heterocycles. The molecule has 2 N–H and O–H groups in total. The Bertz CT molecular complexity index is 916. The van der Waals surface area contributed by atoms with Crippen molar-refractivity contribution in [1.82, 2.24) is 10.3 Å². The van der Waals surface area contributed by atoms with Crippen molar-refractivity contribution in [3.8, 4) is 0 Å². The molecule has 1 aliphatic rings. The largest absolute Gasteiger partial charge is 0.345 e. The van der Waals surface area contributed by atoms with Gasteiger partial charge in [-0.3, -0.25) is 13.9 Å². The predicted octanol–water partition coefficient (Wildman–Crippen LogP) is 1.02. The zero-order valence-electron chi connectivity index (χ0n) is 13.0. The van der Waals surface area contributed by atoms with Gasteiger partial charge < -0.3 is 10.3 Å². The molecule has 0 fully saturated rings. The molecule has 3 rings (SSSR count). The summed E-state index contributed by atoms with van der Waals surface area (Å²) >= 11 is 0. The summed E-state index contributed by atoms with van der Waals surface area (Å²) in [4.78, 5) is 25.9. The summed E-state index contributed by atoms with van der Waals surface area (Å²) in [5, 5.41) is 2.90. The molecule has 126 valence electrons. The molecule has 1 atom stereocenters. The lowest BCUT2D eigenvalue weighted by Gasteiger charge is -2.34. The van der Waals surface area contributed by atoms with Crippen molar-refractivity contribution in [1.29, 1.82) is 0 Å². The minimum Gasteiger partial charge on any atom is -0.345 e. The molecule has 1 amide bonds. The van der Waals surface area contributed by atoms with Crippen molar-refractivity contribution in [2.45, 2.75) is 12.5 Å². The molecule has 1 aromatic heterocycles. The zero-order chi connectivity index (χ0) is 17.3. The van der Waals surface area contributed by atoms with Crippen molar-refractivity contribution < 1.29 is 13.2 Å². The number of carbonyl (C=O) groups is 1. The van der Waals surface area contributed by atoms with E-state index in [0.29, 0.717) is 24.2 Å². The second-order valence-electron chi connectivity index (χ2n) is 5.65. The number of sulfonamides is 1. The molecular formula is C16H17N3O4S. The number of nitrogens with zero attached hydrogens (tertiary/aromatic N) is 1. The molecule has 8 heteroatoms. The zero-order valence-corrected chi connectivity index (χ0v) is 13.8. The summed E-state index contributed by atoms with van der Waals surface area (Å²) in [6.45, 7) is 0.298. The SMILES string of the molecule is CS(=O)(=O)N1CCC(NC(=O)c2ccc(=O)[nH]c2)c2ccccc21. The van der Waals surface area contributed by atoms with Crippen LogP contribution in [0.3, 0.4) is 0 Å². The first-order chi connectivity index (χ1) is 11.4. The maximum Gasteiger partial charge on any atom is 0.253 e. The number of hydrogen-bond acceptors (Lipinski definition) is 4. The second-order valence-corrected chi connectivity index (χ2v) is 7.56. The van der Waals surface area contributed by atoms with Gasteiger partial charge in [0.2, 0.25) is 15.6 Å². The number of pyridine rings is 1. The topological polar surface area (TPSA) is 99.3 Å². The van der Waals surface area contributed by atoms with Gasteiger partial charge in [-0.05, 0) is 24.1 Å². The highest BCUT2D eigenvalue weighted by Gasteiger charge is 2.30. The fourth-order valence-electron chi connectivity index (χ4n) is 2.82. The highest BCUT2D eigenvalue weighted by molar-refractivity contribution is 7.92. The molecule has 1 aromatic carbocycles. The lowest BCUT2D eigenvalue weighted by molar-refractivity contribution is 0.0934. The number of nitrogens with one attached hydrogen (secondary N) is 2. The Morgan fingerprint density at radius 2 is 2.00 bits per heavy atom. The number of H-pyrrole nitrogens is 1. The first-order valence-corrected chi connectivity index (χ1v) is 9.27. The van der Waals surface area contributed by atoms with E-state index in [1.165, 1.54) is 28.9 Å². The summed E-state index contributed by atoms with van der Waals surface area (Å²) < 4.78 is 25.2. The van der Waals surface area contributed by atoms with E-state index >= 15 is 0 Å². The molecule has 7 nitrogen and oxygen atoms in total. The van der Waals surface area contributed by atoms with Crippen LogP contribution in [0.1, 0.15) is 28.4 Å². The number of hydrogen-bond donors (Lipinski definition) is 2. The van der Waals surface area contributed by atoms with Gasteiger partial charge in [0.25, 0.3) is 5.91 Å². The van der Waals surface area contributed by atoms with E-state index < -0.39 is 10.0 Å². The van der Waals surface area contributed by atoms with Crippen LogP contribution in [-0.4, -0.2) is 32.1 Å². The lowest BCUT2D eigenvalue weighted by Crippen LogP contribution is -2.40. The smallest absolute Gasteiger partial charge is 0.253 e. The fraction of sp³-hybridized carbons (Fsp3) is 0.250. The van der Waals surface area contributed by atoms with E-state index in [1.807, 2.05) is 12.1 Å². The Balaban J connectivity index is 1.88. The second kappa shape index (κ2) is 6.12. The highest BCUT2D eigenvalue weighted by atomic mass is 32.2. The normalized spacial score (nSPS) is 17.2. The van der Waals surface area contributed by atoms with Crippen LogP contribution in [0.4, 0.5) is 5.69 Å². The van der Waals surface area contributed by atoms with Crippen molar-refractivity contribution >= 4 is 21.6 Å². The van der Waals surface area contributed by atoms with Crippen LogP contribution in [0.2, 0.25) is 0 Å². The molecule has 24 heavy (non-hydrogen) atoms. The lowest BCUT2D eigenvalue weighted by atomic mass is 9.97. The van der Waals surface area contributed by atoms with Crippen LogP contribution in [-0.2, 0) is 10.0 Å². The summed E-state index contributed by atoms with van der Waals surface area (Å²) in [5.74, 6) is -0.321. The Morgan fingerprint density at radius 1 is 1.25 bits per heavy atom. The van der Waals surface area contributed by atoms with Gasteiger partial charge in [-0.1, -0.05) is 18.2 Å². The number of rotatable bonds is 3. The van der Waals surface area contributed by atoms with Crippen molar-refractivity contribution in [3.63, 3.8) is 0 Å². The van der Waals surface area contributed by atoms with Crippen LogP contribution in [0.15, 0.2) is 47.4 Å². The quantitative estimate of drug-likeness (QED) is 0.866. The van der Waals surface area contributed by atoms with Crippen molar-refractivity contribution in [2.75, 3.05) is 17.1 Å². The molecular weight excluding hydrogens is 330 g/mol. The number of benzene rings is 1. The van der Waals surface area contributed by atoms with Crippen LogP contribution >= 0.6 is 0 Å². The minimum atomic E-state index is -3.37. The van der Waals surface area contributed by atoms with Gasteiger partial charge in [0.05, 0.1) is 23.5 Å². The van der Waals surface area contributed by atoms with E-state index in [-0.39, 0.29) is 17.5 Å². The number of anilines is 1.